The smallest absolute Gasteiger partial charge is 0 e. The first-order valence-corrected chi connectivity index (χ1v) is 25.9. The molecule has 0 aliphatic heterocycles. The monoisotopic (exact) mass is 923 g/mol. The van der Waals surface area contributed by atoms with Crippen molar-refractivity contribution < 1.29 is 24.5 Å². The molecular formula is C47H48GeIrN2O-2. The predicted octanol–water partition coefficient (Wildman–Crippen LogP) is 12.4. The molecule has 3 aromatic heterocycles. The second kappa shape index (κ2) is 16.5. The average molecular weight is 922 g/mol. The fourth-order valence-electron chi connectivity index (χ4n) is 7.49. The van der Waals surface area contributed by atoms with Crippen molar-refractivity contribution in [3.63, 3.8) is 0 Å². The largest absolute Gasteiger partial charge is 0 e. The van der Waals surface area contributed by atoms with E-state index in [2.05, 4.69) is 134 Å². The van der Waals surface area contributed by atoms with Gasteiger partial charge in [-0.15, -0.1) is 17.7 Å². The van der Waals surface area contributed by atoms with Crippen molar-refractivity contribution in [2.75, 3.05) is 0 Å². The summed E-state index contributed by atoms with van der Waals surface area (Å²) in [5, 5.41) is 2.28. The van der Waals surface area contributed by atoms with Gasteiger partial charge in [0.15, 0.2) is 0 Å². The Balaban J connectivity index is 0.000000182. The summed E-state index contributed by atoms with van der Waals surface area (Å²) in [6, 6.07) is 40.4. The van der Waals surface area contributed by atoms with Crippen molar-refractivity contribution in [3.8, 4) is 33.6 Å². The van der Waals surface area contributed by atoms with Gasteiger partial charge in [-0.3, -0.25) is 0 Å². The summed E-state index contributed by atoms with van der Waals surface area (Å²) in [6.07, 6.45) is 11.0. The molecule has 1 radical (unpaired) electrons. The van der Waals surface area contributed by atoms with Gasteiger partial charge in [0.2, 0.25) is 0 Å². The molecule has 7 aromatic rings. The van der Waals surface area contributed by atoms with Crippen LogP contribution in [0.15, 0.2) is 114 Å². The molecule has 0 amide bonds. The third-order valence-corrected chi connectivity index (χ3v) is 14.7. The topological polar surface area (TPSA) is 38.9 Å². The molecular weight excluding hydrogens is 873 g/mol. The summed E-state index contributed by atoms with van der Waals surface area (Å²) < 4.78 is 8.00. The standard InChI is InChI=1S/C27H22NO.C20H26GeN.Ir/c1-17(2)20-13-14-28-24(15-20)22-11-9-18(3)26-23-12-10-21(16-25(23)29-27(22)26)19-7-5-4-6-8-19;1-21(2,3)19-15-22-20(17-11-5-4-6-12-17)14-18(19)13-16-9-7-8-10-16;/h4-10,12-17H,1-3H3;4-6,11,14-16H,7-10,13H2,1-3H3;/q2*-1;. The van der Waals surface area contributed by atoms with Crippen LogP contribution in [0.1, 0.15) is 62.1 Å². The van der Waals surface area contributed by atoms with E-state index in [-0.39, 0.29) is 20.1 Å². The molecule has 52 heavy (non-hydrogen) atoms. The quantitative estimate of drug-likeness (QED) is 0.118. The van der Waals surface area contributed by atoms with E-state index in [0.29, 0.717) is 5.92 Å². The van der Waals surface area contributed by atoms with Crippen molar-refractivity contribution >= 4 is 39.6 Å². The number of pyridine rings is 2. The zero-order valence-electron chi connectivity index (χ0n) is 31.2. The normalized spacial score (nSPS) is 13.3. The molecule has 3 heterocycles. The van der Waals surface area contributed by atoms with Crippen molar-refractivity contribution in [1.82, 2.24) is 9.97 Å². The maximum Gasteiger partial charge on any atom is 0 e. The molecule has 1 saturated carbocycles. The van der Waals surface area contributed by atoms with Crippen LogP contribution in [0.25, 0.3) is 55.6 Å². The Hall–Kier alpha value is -3.83. The number of furan rings is 1. The number of aromatic nitrogens is 2. The number of benzene rings is 4. The Labute approximate surface area is 326 Å². The first-order chi connectivity index (χ1) is 24.7. The summed E-state index contributed by atoms with van der Waals surface area (Å²) in [5.74, 6) is 8.76. The van der Waals surface area contributed by atoms with Gasteiger partial charge in [-0.25, -0.2) is 0 Å². The van der Waals surface area contributed by atoms with E-state index in [9.17, 15) is 0 Å². The Morgan fingerprint density at radius 2 is 1.60 bits per heavy atom. The van der Waals surface area contributed by atoms with Gasteiger partial charge < -0.3 is 9.40 Å². The summed E-state index contributed by atoms with van der Waals surface area (Å²) >= 11 is -1.87. The van der Waals surface area contributed by atoms with E-state index in [0.717, 1.165) is 61.5 Å². The Bertz CT molecular complexity index is 2270. The summed E-state index contributed by atoms with van der Waals surface area (Å²) in [4.78, 5) is 9.38. The zero-order valence-corrected chi connectivity index (χ0v) is 35.7. The van der Waals surface area contributed by atoms with E-state index in [1.165, 1.54) is 43.2 Å². The van der Waals surface area contributed by atoms with Crippen LogP contribution in [0.5, 0.6) is 0 Å². The second-order valence-corrected chi connectivity index (χ2v) is 26.0. The molecule has 1 fully saturated rings. The van der Waals surface area contributed by atoms with Crippen LogP contribution in [-0.4, -0.2) is 23.2 Å². The zero-order chi connectivity index (χ0) is 35.5. The summed E-state index contributed by atoms with van der Waals surface area (Å²) in [7, 11) is 0. The van der Waals surface area contributed by atoms with Crippen LogP contribution < -0.4 is 4.40 Å². The van der Waals surface area contributed by atoms with Gasteiger partial charge >= 0.3 is 137 Å². The van der Waals surface area contributed by atoms with Crippen molar-refractivity contribution in [3.05, 3.63) is 138 Å². The van der Waals surface area contributed by atoms with Crippen LogP contribution in [0.2, 0.25) is 17.3 Å². The maximum absolute atomic E-state index is 6.41. The third kappa shape index (κ3) is 8.36. The predicted molar refractivity (Wildman–Crippen MR) is 217 cm³/mol. The van der Waals surface area contributed by atoms with Crippen molar-refractivity contribution in [2.24, 2.45) is 5.92 Å². The maximum atomic E-state index is 6.41. The van der Waals surface area contributed by atoms with Gasteiger partial charge in [0.25, 0.3) is 0 Å². The molecule has 0 saturated heterocycles. The van der Waals surface area contributed by atoms with Gasteiger partial charge in [-0.1, -0.05) is 85.8 Å². The Morgan fingerprint density at radius 1 is 0.827 bits per heavy atom. The minimum absolute atomic E-state index is 0. The van der Waals surface area contributed by atoms with E-state index < -0.39 is 13.3 Å². The SMILES string of the molecule is Cc1c[c-]c(-c2cc(C(C)C)ccn2)c2oc3cc(-c4ccccc4)ccc3c12.[CH3][Ge]([CH3])([CH3])[c]1cnc(-c2[c-]cccc2)cc1CC1CCCC1.[Ir]. The molecule has 1 aliphatic rings. The number of fused-ring (bicyclic) bond motifs is 3. The number of nitrogens with zero attached hydrogens (tertiary/aromatic N) is 2. The van der Waals surface area contributed by atoms with Crippen LogP contribution in [0.4, 0.5) is 0 Å². The summed E-state index contributed by atoms with van der Waals surface area (Å²) in [5.41, 5.74) is 12.1. The van der Waals surface area contributed by atoms with E-state index in [1.54, 1.807) is 9.96 Å². The molecule has 5 heteroatoms. The molecule has 0 unspecified atom stereocenters. The minimum atomic E-state index is -1.87. The minimum Gasteiger partial charge on any atom is 0 e. The number of hydrogen-bond donors (Lipinski definition) is 0. The number of rotatable bonds is 7. The average Bonchev–Trinajstić information content (AvgIpc) is 3.80. The van der Waals surface area contributed by atoms with Crippen LogP contribution >= 0.6 is 0 Å². The molecule has 0 bridgehead atoms. The Kier molecular flexibility index (Phi) is 12.0. The molecule has 3 nitrogen and oxygen atoms in total. The first-order valence-electron chi connectivity index (χ1n) is 18.5. The van der Waals surface area contributed by atoms with E-state index in [4.69, 9.17) is 9.40 Å². The van der Waals surface area contributed by atoms with Gasteiger partial charge in [0.05, 0.1) is 5.58 Å². The van der Waals surface area contributed by atoms with Crippen LogP contribution in [0.3, 0.4) is 0 Å². The van der Waals surface area contributed by atoms with Gasteiger partial charge in [0, 0.05) is 31.7 Å². The van der Waals surface area contributed by atoms with Crippen LogP contribution in [-0.2, 0) is 26.5 Å². The molecule has 1 aliphatic carbocycles. The molecule has 267 valence electrons. The van der Waals surface area contributed by atoms with Gasteiger partial charge in [-0.05, 0) is 34.9 Å². The molecule has 4 aromatic carbocycles. The molecule has 0 atom stereocenters. The van der Waals surface area contributed by atoms with Gasteiger partial charge in [-0.2, -0.15) is 0 Å². The molecule has 8 rings (SSSR count). The molecule has 0 spiro atoms. The fraction of sp³-hybridized carbons (Fsp3) is 0.277. The summed E-state index contributed by atoms with van der Waals surface area (Å²) in [6.45, 7) is 6.50. The number of aryl methyl sites for hydroxylation is 1. The third-order valence-electron chi connectivity index (χ3n) is 10.3. The Morgan fingerprint density at radius 3 is 2.31 bits per heavy atom. The first kappa shape index (κ1) is 37.9. The van der Waals surface area contributed by atoms with E-state index >= 15 is 0 Å². The second-order valence-electron chi connectivity index (χ2n) is 15.5. The van der Waals surface area contributed by atoms with Gasteiger partial charge in [0.1, 0.15) is 5.58 Å². The van der Waals surface area contributed by atoms with Crippen LogP contribution in [0, 0.1) is 25.0 Å². The molecule has 0 N–H and O–H groups in total. The van der Waals surface area contributed by atoms with Crippen molar-refractivity contribution in [1.29, 1.82) is 0 Å². The van der Waals surface area contributed by atoms with E-state index in [1.807, 2.05) is 30.5 Å². The fourth-order valence-corrected chi connectivity index (χ4v) is 10.8. The number of hydrogen-bond acceptors (Lipinski definition) is 3. The van der Waals surface area contributed by atoms with Crippen molar-refractivity contribution in [2.45, 2.75) is 76.1 Å².